The summed E-state index contributed by atoms with van der Waals surface area (Å²) in [6.07, 6.45) is 8.95. The number of aromatic nitrogens is 2. The van der Waals surface area contributed by atoms with E-state index >= 15 is 0 Å². The van der Waals surface area contributed by atoms with E-state index in [1.54, 1.807) is 23.0 Å². The van der Waals surface area contributed by atoms with E-state index < -0.39 is 5.97 Å². The van der Waals surface area contributed by atoms with E-state index in [0.29, 0.717) is 18.7 Å². The first-order valence-corrected chi connectivity index (χ1v) is 6.35. The van der Waals surface area contributed by atoms with Crippen molar-refractivity contribution < 1.29 is 13.9 Å². The molecule has 0 spiro atoms. The van der Waals surface area contributed by atoms with Gasteiger partial charge in [0.2, 0.25) is 5.76 Å². The Bertz CT molecular complexity index is 609. The second kappa shape index (κ2) is 6.25. The van der Waals surface area contributed by atoms with Crippen molar-refractivity contribution in [2.45, 2.75) is 13.0 Å². The summed E-state index contributed by atoms with van der Waals surface area (Å²) in [5, 5.41) is 4.10. The lowest BCUT2D eigenvalue weighted by Crippen LogP contribution is -2.05. The molecule has 2 heterocycles. The maximum atomic E-state index is 11.6. The van der Waals surface area contributed by atoms with Gasteiger partial charge in [0.15, 0.2) is 0 Å². The number of ether oxygens (including phenoxy) is 1. The first-order chi connectivity index (χ1) is 9.19. The summed E-state index contributed by atoms with van der Waals surface area (Å²) in [7, 11) is 0. The Hall–Kier alpha value is -2.00. The summed E-state index contributed by atoms with van der Waals surface area (Å²) >= 11 is 3.30. The zero-order valence-corrected chi connectivity index (χ0v) is 11.6. The Morgan fingerprint density at radius 2 is 2.42 bits per heavy atom. The number of carbonyl (C=O) groups is 1. The number of nitrogens with zero attached hydrogens (tertiary/aromatic N) is 2. The van der Waals surface area contributed by atoms with Gasteiger partial charge in [0.1, 0.15) is 12.4 Å². The Morgan fingerprint density at radius 3 is 3.11 bits per heavy atom. The first kappa shape index (κ1) is 13.4. The fraction of sp³-hybridized carbons (Fsp3) is 0.231. The van der Waals surface area contributed by atoms with Crippen LogP contribution in [0.25, 0.3) is 0 Å². The van der Waals surface area contributed by atoms with Crippen LogP contribution in [0.2, 0.25) is 0 Å². The third-order valence-corrected chi connectivity index (χ3v) is 2.67. The Labute approximate surface area is 118 Å². The predicted octanol–water partition coefficient (Wildman–Crippen LogP) is 2.47. The average molecular weight is 323 g/mol. The van der Waals surface area contributed by atoms with Crippen molar-refractivity contribution in [1.82, 2.24) is 9.78 Å². The van der Waals surface area contributed by atoms with Crippen molar-refractivity contribution in [3.63, 3.8) is 0 Å². The molecule has 0 radical (unpaired) electrons. The Morgan fingerprint density at radius 1 is 1.58 bits per heavy atom. The molecule has 0 bridgehead atoms. The smallest absolute Gasteiger partial charge is 0.374 e. The lowest BCUT2D eigenvalue weighted by atomic mass is 10.4. The minimum absolute atomic E-state index is 0.165. The van der Waals surface area contributed by atoms with E-state index in [-0.39, 0.29) is 12.4 Å². The normalized spacial score (nSPS) is 10.1. The van der Waals surface area contributed by atoms with Gasteiger partial charge in [0, 0.05) is 12.6 Å². The van der Waals surface area contributed by atoms with Gasteiger partial charge in [-0.2, -0.15) is 5.10 Å². The Kier molecular flexibility index (Phi) is 4.42. The topological polar surface area (TPSA) is 57.3 Å². The van der Waals surface area contributed by atoms with Crippen molar-refractivity contribution in [2.24, 2.45) is 0 Å². The maximum absolute atomic E-state index is 11.6. The molecule has 0 aliphatic rings. The molecule has 0 aromatic carbocycles. The number of halogens is 1. The van der Waals surface area contributed by atoms with Crippen LogP contribution in [0.4, 0.5) is 0 Å². The summed E-state index contributed by atoms with van der Waals surface area (Å²) in [5.74, 6) is 2.67. The summed E-state index contributed by atoms with van der Waals surface area (Å²) in [6, 6.07) is 3.29. The van der Waals surface area contributed by atoms with E-state index in [9.17, 15) is 4.79 Å². The SMILES string of the molecule is C#CCCOC(=O)c1ccc(Cn2cc(Br)cn2)o1. The molecule has 98 valence electrons. The average Bonchev–Trinajstić information content (AvgIpc) is 3.00. The van der Waals surface area contributed by atoms with Crippen molar-refractivity contribution in [2.75, 3.05) is 6.61 Å². The number of hydrogen-bond donors (Lipinski definition) is 0. The minimum atomic E-state index is -0.511. The highest BCUT2D eigenvalue weighted by molar-refractivity contribution is 9.10. The van der Waals surface area contributed by atoms with Gasteiger partial charge in [0.25, 0.3) is 0 Å². The largest absolute Gasteiger partial charge is 0.459 e. The second-order valence-corrected chi connectivity index (χ2v) is 4.63. The van der Waals surface area contributed by atoms with Gasteiger partial charge in [-0.25, -0.2) is 4.79 Å². The first-order valence-electron chi connectivity index (χ1n) is 5.56. The maximum Gasteiger partial charge on any atom is 0.374 e. The lowest BCUT2D eigenvalue weighted by Gasteiger charge is -1.99. The third-order valence-electron chi connectivity index (χ3n) is 2.26. The quantitative estimate of drug-likeness (QED) is 0.482. The molecule has 0 aliphatic heterocycles. The third kappa shape index (κ3) is 3.73. The van der Waals surface area contributed by atoms with Gasteiger partial charge in [-0.15, -0.1) is 12.3 Å². The molecule has 0 N–H and O–H groups in total. The molecule has 2 aromatic rings. The molecule has 0 amide bonds. The van der Waals surface area contributed by atoms with E-state index in [0.717, 1.165) is 4.47 Å². The molecule has 6 heteroatoms. The zero-order chi connectivity index (χ0) is 13.7. The summed E-state index contributed by atoms with van der Waals surface area (Å²) in [5.41, 5.74) is 0. The summed E-state index contributed by atoms with van der Waals surface area (Å²) in [4.78, 5) is 11.6. The second-order valence-electron chi connectivity index (χ2n) is 3.71. The monoisotopic (exact) mass is 322 g/mol. The zero-order valence-electron chi connectivity index (χ0n) is 10.0. The molecule has 0 fully saturated rings. The number of rotatable bonds is 5. The predicted molar refractivity (Wildman–Crippen MR) is 71.5 cm³/mol. The van der Waals surface area contributed by atoms with E-state index in [1.165, 1.54) is 0 Å². The highest BCUT2D eigenvalue weighted by atomic mass is 79.9. The van der Waals surface area contributed by atoms with Crippen molar-refractivity contribution in [1.29, 1.82) is 0 Å². The molecular formula is C13H11BrN2O3. The fourth-order valence-corrected chi connectivity index (χ4v) is 1.76. The van der Waals surface area contributed by atoms with Gasteiger partial charge >= 0.3 is 5.97 Å². The van der Waals surface area contributed by atoms with Crippen LogP contribution in [0.3, 0.4) is 0 Å². The van der Waals surface area contributed by atoms with Gasteiger partial charge in [-0.05, 0) is 28.1 Å². The minimum Gasteiger partial charge on any atom is -0.459 e. The highest BCUT2D eigenvalue weighted by Crippen LogP contribution is 2.12. The molecular weight excluding hydrogens is 312 g/mol. The Balaban J connectivity index is 1.95. The van der Waals surface area contributed by atoms with Crippen molar-refractivity contribution in [3.8, 4) is 12.3 Å². The van der Waals surface area contributed by atoms with Crippen LogP contribution >= 0.6 is 15.9 Å². The van der Waals surface area contributed by atoms with Crippen LogP contribution in [0.1, 0.15) is 22.7 Å². The summed E-state index contributed by atoms with van der Waals surface area (Å²) in [6.45, 7) is 0.640. The molecule has 19 heavy (non-hydrogen) atoms. The van der Waals surface area contributed by atoms with E-state index in [1.807, 2.05) is 6.20 Å². The van der Waals surface area contributed by atoms with E-state index in [2.05, 4.69) is 26.9 Å². The number of esters is 1. The molecule has 0 saturated carbocycles. The highest BCUT2D eigenvalue weighted by Gasteiger charge is 2.12. The molecule has 0 atom stereocenters. The van der Waals surface area contributed by atoms with Crippen molar-refractivity contribution in [3.05, 3.63) is 40.5 Å². The van der Waals surface area contributed by atoms with Crippen LogP contribution in [0.5, 0.6) is 0 Å². The number of hydrogen-bond acceptors (Lipinski definition) is 4. The molecule has 2 rings (SSSR count). The number of furan rings is 1. The van der Waals surface area contributed by atoms with Crippen LogP contribution < -0.4 is 0 Å². The number of terminal acetylenes is 1. The van der Waals surface area contributed by atoms with Gasteiger partial charge in [-0.3, -0.25) is 4.68 Å². The van der Waals surface area contributed by atoms with Gasteiger partial charge in [0.05, 0.1) is 17.2 Å². The summed E-state index contributed by atoms with van der Waals surface area (Å²) < 4.78 is 12.9. The van der Waals surface area contributed by atoms with Crippen LogP contribution in [0, 0.1) is 12.3 Å². The van der Waals surface area contributed by atoms with Crippen LogP contribution in [-0.2, 0) is 11.3 Å². The molecule has 0 aliphatic carbocycles. The fourth-order valence-electron chi connectivity index (χ4n) is 1.43. The standard InChI is InChI=1S/C13H11BrN2O3/c1-2-3-6-18-13(17)12-5-4-11(19-12)9-16-8-10(14)7-15-16/h1,4-5,7-8H,3,6,9H2. The van der Waals surface area contributed by atoms with Gasteiger partial charge in [-0.1, -0.05) is 0 Å². The van der Waals surface area contributed by atoms with Crippen LogP contribution in [0.15, 0.2) is 33.4 Å². The molecule has 5 nitrogen and oxygen atoms in total. The van der Waals surface area contributed by atoms with Gasteiger partial charge < -0.3 is 9.15 Å². The lowest BCUT2D eigenvalue weighted by molar-refractivity contribution is 0.0475. The van der Waals surface area contributed by atoms with Crippen molar-refractivity contribution >= 4 is 21.9 Å². The molecule has 0 unspecified atom stereocenters. The molecule has 2 aromatic heterocycles. The van der Waals surface area contributed by atoms with Crippen LogP contribution in [-0.4, -0.2) is 22.4 Å². The number of carbonyl (C=O) groups excluding carboxylic acids is 1. The van der Waals surface area contributed by atoms with E-state index in [4.69, 9.17) is 15.6 Å². The molecule has 0 saturated heterocycles.